The molecular formula is C15H16N2O. The maximum atomic E-state index is 12.0. The molecule has 1 aromatic carbocycles. The van der Waals surface area contributed by atoms with Crippen LogP contribution in [0.4, 0.5) is 5.69 Å². The van der Waals surface area contributed by atoms with E-state index >= 15 is 0 Å². The predicted molar refractivity (Wildman–Crippen MR) is 72.7 cm³/mol. The first-order valence-corrected chi connectivity index (χ1v) is 5.98. The van der Waals surface area contributed by atoms with Gasteiger partial charge in [0.1, 0.15) is 0 Å². The third-order valence-corrected chi connectivity index (χ3v) is 2.72. The molecule has 3 nitrogen and oxygen atoms in total. The third kappa shape index (κ3) is 2.94. The van der Waals surface area contributed by atoms with E-state index in [-0.39, 0.29) is 5.91 Å². The number of pyridine rings is 1. The van der Waals surface area contributed by atoms with E-state index in [4.69, 9.17) is 0 Å². The SMILES string of the molecule is CC(C)c1cncc(NC(=O)c2ccccc2)c1. The van der Waals surface area contributed by atoms with Gasteiger partial charge in [0.05, 0.1) is 11.9 Å². The van der Waals surface area contributed by atoms with Gasteiger partial charge in [0, 0.05) is 11.8 Å². The number of carbonyl (C=O) groups excluding carboxylic acids is 1. The smallest absolute Gasteiger partial charge is 0.255 e. The Kier molecular flexibility index (Phi) is 3.72. The predicted octanol–water partition coefficient (Wildman–Crippen LogP) is 3.46. The minimum atomic E-state index is -0.113. The summed E-state index contributed by atoms with van der Waals surface area (Å²) in [6.07, 6.45) is 3.48. The monoisotopic (exact) mass is 240 g/mol. The van der Waals surface area contributed by atoms with Crippen LogP contribution in [0.5, 0.6) is 0 Å². The number of aromatic nitrogens is 1. The van der Waals surface area contributed by atoms with Crippen molar-refractivity contribution in [3.63, 3.8) is 0 Å². The van der Waals surface area contributed by atoms with Crippen LogP contribution in [0.1, 0.15) is 35.7 Å². The highest BCUT2D eigenvalue weighted by Crippen LogP contribution is 2.17. The number of amides is 1. The molecule has 0 aliphatic heterocycles. The largest absolute Gasteiger partial charge is 0.321 e. The lowest BCUT2D eigenvalue weighted by Crippen LogP contribution is -2.12. The number of hydrogen-bond donors (Lipinski definition) is 1. The Labute approximate surface area is 107 Å². The van der Waals surface area contributed by atoms with Gasteiger partial charge >= 0.3 is 0 Å². The Morgan fingerprint density at radius 3 is 2.56 bits per heavy atom. The zero-order valence-corrected chi connectivity index (χ0v) is 10.6. The van der Waals surface area contributed by atoms with Gasteiger partial charge in [0.2, 0.25) is 0 Å². The van der Waals surface area contributed by atoms with E-state index in [1.165, 1.54) is 0 Å². The average molecular weight is 240 g/mol. The molecule has 2 aromatic rings. The number of nitrogens with zero attached hydrogens (tertiary/aromatic N) is 1. The lowest BCUT2D eigenvalue weighted by Gasteiger charge is -2.08. The van der Waals surface area contributed by atoms with Crippen molar-refractivity contribution in [2.45, 2.75) is 19.8 Å². The molecule has 1 N–H and O–H groups in total. The molecule has 0 aliphatic rings. The van der Waals surface area contributed by atoms with Crippen LogP contribution in [-0.4, -0.2) is 10.9 Å². The highest BCUT2D eigenvalue weighted by molar-refractivity contribution is 6.04. The second-order valence-electron chi connectivity index (χ2n) is 4.48. The minimum absolute atomic E-state index is 0.113. The topological polar surface area (TPSA) is 42.0 Å². The summed E-state index contributed by atoms with van der Waals surface area (Å²) < 4.78 is 0. The summed E-state index contributed by atoms with van der Waals surface area (Å²) in [5.41, 5.74) is 2.49. The molecule has 1 heterocycles. The molecule has 2 rings (SSSR count). The van der Waals surface area contributed by atoms with E-state index in [0.29, 0.717) is 11.5 Å². The Morgan fingerprint density at radius 2 is 1.89 bits per heavy atom. The number of rotatable bonds is 3. The van der Waals surface area contributed by atoms with Gasteiger partial charge in [0.15, 0.2) is 0 Å². The lowest BCUT2D eigenvalue weighted by molar-refractivity contribution is 0.102. The molecule has 0 bridgehead atoms. The maximum absolute atomic E-state index is 12.0. The molecular weight excluding hydrogens is 224 g/mol. The average Bonchev–Trinajstić information content (AvgIpc) is 2.40. The van der Waals surface area contributed by atoms with E-state index in [9.17, 15) is 4.79 Å². The molecule has 0 fully saturated rings. The summed E-state index contributed by atoms with van der Waals surface area (Å²) in [5, 5.41) is 2.85. The van der Waals surface area contributed by atoms with Crippen LogP contribution in [0.2, 0.25) is 0 Å². The first-order chi connectivity index (χ1) is 8.66. The summed E-state index contributed by atoms with van der Waals surface area (Å²) in [6, 6.07) is 11.1. The zero-order valence-electron chi connectivity index (χ0n) is 10.6. The van der Waals surface area contributed by atoms with Gasteiger partial charge in [-0.05, 0) is 29.7 Å². The molecule has 18 heavy (non-hydrogen) atoms. The maximum Gasteiger partial charge on any atom is 0.255 e. The molecule has 0 spiro atoms. The van der Waals surface area contributed by atoms with Crippen LogP contribution < -0.4 is 5.32 Å². The Morgan fingerprint density at radius 1 is 1.17 bits per heavy atom. The van der Waals surface area contributed by atoms with E-state index in [1.54, 1.807) is 18.3 Å². The second kappa shape index (κ2) is 5.45. The molecule has 0 aliphatic carbocycles. The van der Waals surface area contributed by atoms with Crippen LogP contribution >= 0.6 is 0 Å². The van der Waals surface area contributed by atoms with Gasteiger partial charge in [-0.3, -0.25) is 9.78 Å². The van der Waals surface area contributed by atoms with Crippen molar-refractivity contribution in [3.8, 4) is 0 Å². The first kappa shape index (κ1) is 12.3. The summed E-state index contributed by atoms with van der Waals surface area (Å²) in [7, 11) is 0. The van der Waals surface area contributed by atoms with Gasteiger partial charge in [-0.2, -0.15) is 0 Å². The summed E-state index contributed by atoms with van der Waals surface area (Å²) in [4.78, 5) is 16.1. The fourth-order valence-electron chi connectivity index (χ4n) is 1.63. The van der Waals surface area contributed by atoms with Crippen LogP contribution in [0.15, 0.2) is 48.8 Å². The van der Waals surface area contributed by atoms with E-state index in [0.717, 1.165) is 11.3 Å². The van der Waals surface area contributed by atoms with Crippen molar-refractivity contribution < 1.29 is 4.79 Å². The van der Waals surface area contributed by atoms with Crippen molar-refractivity contribution in [3.05, 3.63) is 59.9 Å². The van der Waals surface area contributed by atoms with Crippen LogP contribution in [0, 0.1) is 0 Å². The fourth-order valence-corrected chi connectivity index (χ4v) is 1.63. The molecule has 3 heteroatoms. The van der Waals surface area contributed by atoms with Gasteiger partial charge in [0.25, 0.3) is 5.91 Å². The minimum Gasteiger partial charge on any atom is -0.321 e. The quantitative estimate of drug-likeness (QED) is 0.892. The molecule has 0 unspecified atom stereocenters. The van der Waals surface area contributed by atoms with Crippen LogP contribution in [-0.2, 0) is 0 Å². The molecule has 1 aromatic heterocycles. The third-order valence-electron chi connectivity index (χ3n) is 2.72. The van der Waals surface area contributed by atoms with Gasteiger partial charge in [-0.1, -0.05) is 32.0 Å². The molecule has 0 atom stereocenters. The van der Waals surface area contributed by atoms with Gasteiger partial charge in [-0.15, -0.1) is 0 Å². The van der Waals surface area contributed by atoms with E-state index in [1.807, 2.05) is 30.5 Å². The van der Waals surface area contributed by atoms with Crippen molar-refractivity contribution in [2.75, 3.05) is 5.32 Å². The lowest BCUT2D eigenvalue weighted by atomic mass is 10.1. The number of anilines is 1. The zero-order chi connectivity index (χ0) is 13.0. The molecule has 92 valence electrons. The van der Waals surface area contributed by atoms with Gasteiger partial charge in [-0.25, -0.2) is 0 Å². The molecule has 0 radical (unpaired) electrons. The van der Waals surface area contributed by atoms with E-state index in [2.05, 4.69) is 24.1 Å². The van der Waals surface area contributed by atoms with Crippen molar-refractivity contribution >= 4 is 11.6 Å². The first-order valence-electron chi connectivity index (χ1n) is 5.98. The number of hydrogen-bond acceptors (Lipinski definition) is 2. The number of carbonyl (C=O) groups is 1. The number of nitrogens with one attached hydrogen (secondary N) is 1. The van der Waals surface area contributed by atoms with E-state index < -0.39 is 0 Å². The molecule has 1 amide bonds. The molecule has 0 saturated heterocycles. The van der Waals surface area contributed by atoms with Crippen molar-refractivity contribution in [1.82, 2.24) is 4.98 Å². The highest BCUT2D eigenvalue weighted by Gasteiger charge is 2.06. The van der Waals surface area contributed by atoms with Crippen molar-refractivity contribution in [1.29, 1.82) is 0 Å². The highest BCUT2D eigenvalue weighted by atomic mass is 16.1. The summed E-state index contributed by atoms with van der Waals surface area (Å²) in [6.45, 7) is 4.19. The standard InChI is InChI=1S/C15H16N2O/c1-11(2)13-8-14(10-16-9-13)17-15(18)12-6-4-3-5-7-12/h3-11H,1-2H3,(H,17,18). The Hall–Kier alpha value is -2.16. The molecule has 0 saturated carbocycles. The Balaban J connectivity index is 2.15. The van der Waals surface area contributed by atoms with Crippen LogP contribution in [0.25, 0.3) is 0 Å². The summed E-state index contributed by atoms with van der Waals surface area (Å²) in [5.74, 6) is 0.282. The van der Waals surface area contributed by atoms with Crippen molar-refractivity contribution in [2.24, 2.45) is 0 Å². The van der Waals surface area contributed by atoms with Gasteiger partial charge < -0.3 is 5.32 Å². The second-order valence-corrected chi connectivity index (χ2v) is 4.48. The fraction of sp³-hybridized carbons (Fsp3) is 0.200. The van der Waals surface area contributed by atoms with Crippen LogP contribution in [0.3, 0.4) is 0 Å². The number of benzene rings is 1. The normalized spacial score (nSPS) is 10.4. The Bertz CT molecular complexity index is 535. The summed E-state index contributed by atoms with van der Waals surface area (Å²) >= 11 is 0.